The molecule has 9 heteroatoms. The van der Waals surface area contributed by atoms with Gasteiger partial charge in [0.2, 0.25) is 5.78 Å². The number of imidazole rings is 2. The summed E-state index contributed by atoms with van der Waals surface area (Å²) in [6.07, 6.45) is 2.75. The normalized spacial score (nSPS) is 11.4. The number of ether oxygens (including phenoxy) is 1. The van der Waals surface area contributed by atoms with E-state index in [0.29, 0.717) is 23.5 Å². The van der Waals surface area contributed by atoms with Crippen molar-refractivity contribution in [2.75, 3.05) is 18.5 Å². The van der Waals surface area contributed by atoms with Gasteiger partial charge in [-0.3, -0.25) is 18.7 Å². The van der Waals surface area contributed by atoms with Crippen molar-refractivity contribution < 1.29 is 4.74 Å². The van der Waals surface area contributed by atoms with Crippen LogP contribution in [0.25, 0.3) is 16.9 Å². The molecule has 1 aromatic carbocycles. The van der Waals surface area contributed by atoms with Gasteiger partial charge in [-0.2, -0.15) is 4.98 Å². The molecular weight excluding hydrogens is 372 g/mol. The van der Waals surface area contributed by atoms with Gasteiger partial charge >= 0.3 is 5.69 Å². The van der Waals surface area contributed by atoms with Crippen molar-refractivity contribution in [3.05, 3.63) is 57.0 Å². The molecule has 0 aliphatic heterocycles. The maximum atomic E-state index is 12.3. The van der Waals surface area contributed by atoms with E-state index in [0.717, 1.165) is 36.6 Å². The van der Waals surface area contributed by atoms with Crippen molar-refractivity contribution in [2.24, 2.45) is 7.05 Å². The molecule has 3 aromatic heterocycles. The molecular formula is C20H24N6O3. The fourth-order valence-electron chi connectivity index (χ4n) is 3.50. The number of aromatic nitrogens is 5. The molecule has 2 N–H and O–H groups in total. The van der Waals surface area contributed by atoms with Gasteiger partial charge in [0.25, 0.3) is 5.56 Å². The average Bonchev–Trinajstić information content (AvgIpc) is 3.20. The minimum absolute atomic E-state index is 0.384. The minimum atomic E-state index is -0.467. The highest BCUT2D eigenvalue weighted by molar-refractivity contribution is 5.75. The zero-order valence-corrected chi connectivity index (χ0v) is 16.7. The molecule has 0 saturated heterocycles. The molecule has 0 saturated carbocycles. The lowest BCUT2D eigenvalue weighted by Gasteiger charge is -2.09. The van der Waals surface area contributed by atoms with E-state index >= 15 is 0 Å². The maximum absolute atomic E-state index is 12.3. The Bertz CT molecular complexity index is 1280. The lowest BCUT2D eigenvalue weighted by Crippen LogP contribution is -2.28. The van der Waals surface area contributed by atoms with E-state index in [1.165, 1.54) is 4.57 Å². The Balaban J connectivity index is 1.51. The van der Waals surface area contributed by atoms with E-state index in [4.69, 9.17) is 4.74 Å². The van der Waals surface area contributed by atoms with Crippen LogP contribution in [0.15, 0.2) is 40.1 Å². The number of hydrogen-bond donors (Lipinski definition) is 2. The number of nitrogens with one attached hydrogen (secondary N) is 2. The van der Waals surface area contributed by atoms with Crippen LogP contribution >= 0.6 is 0 Å². The molecule has 0 radical (unpaired) electrons. The number of fused-ring (bicyclic) bond motifs is 3. The second-order valence-electron chi connectivity index (χ2n) is 6.93. The Kier molecular flexibility index (Phi) is 4.87. The van der Waals surface area contributed by atoms with Crippen LogP contribution in [0.3, 0.4) is 0 Å². The molecule has 0 unspecified atom stereocenters. The predicted octanol–water partition coefficient (Wildman–Crippen LogP) is 1.89. The van der Waals surface area contributed by atoms with E-state index in [-0.39, 0.29) is 0 Å². The Labute approximate surface area is 166 Å². The third kappa shape index (κ3) is 3.39. The summed E-state index contributed by atoms with van der Waals surface area (Å²) >= 11 is 0. The van der Waals surface area contributed by atoms with Crippen molar-refractivity contribution in [1.29, 1.82) is 0 Å². The standard InChI is InChI=1S/C20H24N6O3/c1-4-29-15-8-6-14(7-9-15)21-10-5-11-25-13(2)12-26-16-17(22-19(25)26)24(3)20(28)23-18(16)27/h6-9,12,21H,4-5,10-11H2,1-3H3,(H,23,27,28). The molecule has 0 spiro atoms. The zero-order valence-electron chi connectivity index (χ0n) is 16.7. The van der Waals surface area contributed by atoms with Gasteiger partial charge in [0.1, 0.15) is 5.75 Å². The second kappa shape index (κ2) is 7.50. The van der Waals surface area contributed by atoms with Gasteiger partial charge in [-0.1, -0.05) is 0 Å². The van der Waals surface area contributed by atoms with Crippen LogP contribution in [0.5, 0.6) is 5.75 Å². The highest BCUT2D eigenvalue weighted by Crippen LogP contribution is 2.17. The molecule has 152 valence electrons. The van der Waals surface area contributed by atoms with Crippen molar-refractivity contribution in [1.82, 2.24) is 23.5 Å². The summed E-state index contributed by atoms with van der Waals surface area (Å²) in [5.74, 6) is 1.52. The molecule has 0 aliphatic rings. The van der Waals surface area contributed by atoms with E-state index in [9.17, 15) is 9.59 Å². The van der Waals surface area contributed by atoms with E-state index in [1.54, 1.807) is 11.4 Å². The number of anilines is 1. The molecule has 9 nitrogen and oxygen atoms in total. The molecule has 4 rings (SSSR count). The van der Waals surface area contributed by atoms with Crippen LogP contribution in [-0.4, -0.2) is 36.7 Å². The minimum Gasteiger partial charge on any atom is -0.494 e. The fraction of sp³-hybridized carbons (Fsp3) is 0.350. The van der Waals surface area contributed by atoms with Gasteiger partial charge in [-0.05, 0) is 44.5 Å². The summed E-state index contributed by atoms with van der Waals surface area (Å²) in [6.45, 7) is 6.13. The Hall–Kier alpha value is -3.49. The predicted molar refractivity (Wildman–Crippen MR) is 112 cm³/mol. The average molecular weight is 396 g/mol. The number of H-pyrrole nitrogens is 1. The first-order valence-corrected chi connectivity index (χ1v) is 9.63. The van der Waals surface area contributed by atoms with Gasteiger partial charge in [-0.25, -0.2) is 4.79 Å². The number of nitrogens with zero attached hydrogens (tertiary/aromatic N) is 4. The van der Waals surface area contributed by atoms with Crippen molar-refractivity contribution in [3.63, 3.8) is 0 Å². The highest BCUT2D eigenvalue weighted by Gasteiger charge is 2.17. The first kappa shape index (κ1) is 18.9. The summed E-state index contributed by atoms with van der Waals surface area (Å²) in [4.78, 5) is 31.0. The highest BCUT2D eigenvalue weighted by atomic mass is 16.5. The molecule has 0 atom stereocenters. The Morgan fingerprint density at radius 2 is 1.97 bits per heavy atom. The fourth-order valence-corrected chi connectivity index (χ4v) is 3.50. The van der Waals surface area contributed by atoms with Crippen LogP contribution < -0.4 is 21.3 Å². The third-order valence-electron chi connectivity index (χ3n) is 4.97. The van der Waals surface area contributed by atoms with E-state index < -0.39 is 11.2 Å². The largest absolute Gasteiger partial charge is 0.494 e. The van der Waals surface area contributed by atoms with E-state index in [1.807, 2.05) is 44.3 Å². The topological polar surface area (TPSA) is 98.4 Å². The zero-order chi connectivity index (χ0) is 20.5. The van der Waals surface area contributed by atoms with Crippen molar-refractivity contribution in [2.45, 2.75) is 26.8 Å². The lowest BCUT2D eigenvalue weighted by atomic mass is 10.3. The maximum Gasteiger partial charge on any atom is 0.329 e. The first-order valence-electron chi connectivity index (χ1n) is 9.63. The monoisotopic (exact) mass is 396 g/mol. The SMILES string of the molecule is CCOc1ccc(NCCCn2c(C)cn3c4c(=O)[nH]c(=O)n(C)c4nc23)cc1. The Morgan fingerprint density at radius 1 is 1.21 bits per heavy atom. The summed E-state index contributed by atoms with van der Waals surface area (Å²) in [5, 5.41) is 3.40. The van der Waals surface area contributed by atoms with Gasteiger partial charge < -0.3 is 14.6 Å². The molecule has 3 heterocycles. The number of hydrogen-bond acceptors (Lipinski definition) is 5. The first-order chi connectivity index (χ1) is 14.0. The van der Waals surface area contributed by atoms with Crippen molar-refractivity contribution in [3.8, 4) is 5.75 Å². The third-order valence-corrected chi connectivity index (χ3v) is 4.97. The summed E-state index contributed by atoms with van der Waals surface area (Å²) in [6, 6.07) is 7.89. The molecule has 0 fully saturated rings. The number of benzene rings is 1. The summed E-state index contributed by atoms with van der Waals surface area (Å²) < 4.78 is 10.6. The second-order valence-corrected chi connectivity index (χ2v) is 6.93. The smallest absolute Gasteiger partial charge is 0.329 e. The van der Waals surface area contributed by atoms with Crippen molar-refractivity contribution >= 4 is 22.6 Å². The molecule has 0 aliphatic carbocycles. The van der Waals surface area contributed by atoms with E-state index in [2.05, 4.69) is 19.9 Å². The number of aryl methyl sites for hydroxylation is 3. The number of rotatable bonds is 7. The van der Waals surface area contributed by atoms with Gasteiger partial charge in [0.15, 0.2) is 11.2 Å². The van der Waals surface area contributed by atoms with Gasteiger partial charge in [0, 0.05) is 37.7 Å². The molecule has 4 aromatic rings. The summed E-state index contributed by atoms with van der Waals surface area (Å²) in [5.41, 5.74) is 1.92. The molecule has 29 heavy (non-hydrogen) atoms. The number of aromatic amines is 1. The van der Waals surface area contributed by atoms with Crippen LogP contribution in [0.2, 0.25) is 0 Å². The quantitative estimate of drug-likeness (QED) is 0.465. The van der Waals surface area contributed by atoms with Gasteiger partial charge in [0.05, 0.1) is 6.61 Å². The van der Waals surface area contributed by atoms with Crippen LogP contribution in [0, 0.1) is 6.92 Å². The Morgan fingerprint density at radius 3 is 2.69 bits per heavy atom. The van der Waals surface area contributed by atoms with Gasteiger partial charge in [-0.15, -0.1) is 0 Å². The molecule has 0 amide bonds. The van der Waals surface area contributed by atoms with Crippen LogP contribution in [-0.2, 0) is 13.6 Å². The van der Waals surface area contributed by atoms with Crippen LogP contribution in [0.1, 0.15) is 19.0 Å². The van der Waals surface area contributed by atoms with Crippen LogP contribution in [0.4, 0.5) is 5.69 Å². The lowest BCUT2D eigenvalue weighted by molar-refractivity contribution is 0.340. The summed E-state index contributed by atoms with van der Waals surface area (Å²) in [7, 11) is 1.60. The molecule has 0 bridgehead atoms.